The maximum atomic E-state index is 13.5. The monoisotopic (exact) mass is 363 g/mol. The van der Waals surface area contributed by atoms with Crippen LogP contribution >= 0.6 is 0 Å². The highest BCUT2D eigenvalue weighted by Crippen LogP contribution is 2.41. The highest BCUT2D eigenvalue weighted by atomic mass is 16.5. The summed E-state index contributed by atoms with van der Waals surface area (Å²) >= 11 is 0. The van der Waals surface area contributed by atoms with E-state index in [1.807, 2.05) is 36.4 Å². The average molecular weight is 363 g/mol. The highest BCUT2D eigenvalue weighted by molar-refractivity contribution is 6.28. The lowest BCUT2D eigenvalue weighted by Gasteiger charge is -2.41. The Balaban J connectivity index is 1.88. The molecule has 1 fully saturated rings. The molecular formula is C23H25NO3. The minimum absolute atomic E-state index is 0.136. The Kier molecular flexibility index (Phi) is 4.88. The summed E-state index contributed by atoms with van der Waals surface area (Å²) < 4.78 is 10.8. The molecule has 0 saturated carbocycles. The molecule has 2 aliphatic rings. The Morgan fingerprint density at radius 2 is 1.70 bits per heavy atom. The summed E-state index contributed by atoms with van der Waals surface area (Å²) in [4.78, 5) is 15.6. The van der Waals surface area contributed by atoms with Crippen LogP contribution in [0.3, 0.4) is 0 Å². The van der Waals surface area contributed by atoms with Gasteiger partial charge in [0.25, 0.3) is 5.91 Å². The summed E-state index contributed by atoms with van der Waals surface area (Å²) in [6.45, 7) is 0.850. The lowest BCUT2D eigenvalue weighted by atomic mass is 9.82. The molecule has 2 aromatic rings. The van der Waals surface area contributed by atoms with Gasteiger partial charge in [0, 0.05) is 12.6 Å². The molecular weight excluding hydrogens is 338 g/mol. The normalized spacial score (nSPS) is 19.7. The van der Waals surface area contributed by atoms with Gasteiger partial charge in [-0.3, -0.25) is 4.79 Å². The van der Waals surface area contributed by atoms with Crippen LogP contribution < -0.4 is 9.47 Å². The van der Waals surface area contributed by atoms with E-state index in [1.54, 1.807) is 14.2 Å². The van der Waals surface area contributed by atoms with Gasteiger partial charge >= 0.3 is 0 Å². The fourth-order valence-corrected chi connectivity index (χ4v) is 4.28. The smallest absolute Gasteiger partial charge is 0.255 e. The van der Waals surface area contributed by atoms with Crippen molar-refractivity contribution in [3.05, 3.63) is 59.7 Å². The van der Waals surface area contributed by atoms with E-state index in [0.717, 1.165) is 48.1 Å². The van der Waals surface area contributed by atoms with Gasteiger partial charge in [0.15, 0.2) is 11.5 Å². The summed E-state index contributed by atoms with van der Waals surface area (Å²) in [5.41, 5.74) is 3.94. The van der Waals surface area contributed by atoms with Crippen LogP contribution in [0.15, 0.2) is 48.5 Å². The van der Waals surface area contributed by atoms with Gasteiger partial charge in [-0.2, -0.15) is 0 Å². The molecule has 4 nitrogen and oxygen atoms in total. The molecule has 0 aliphatic carbocycles. The van der Waals surface area contributed by atoms with E-state index in [2.05, 4.69) is 17.0 Å². The van der Waals surface area contributed by atoms with Crippen molar-refractivity contribution in [1.82, 2.24) is 4.90 Å². The second-order valence-corrected chi connectivity index (χ2v) is 7.14. The first-order chi connectivity index (χ1) is 13.2. The number of fused-ring (bicyclic) bond motifs is 1. The topological polar surface area (TPSA) is 38.8 Å². The van der Waals surface area contributed by atoms with E-state index in [0.29, 0.717) is 17.5 Å². The molecule has 2 aliphatic heterocycles. The zero-order valence-electron chi connectivity index (χ0n) is 15.9. The van der Waals surface area contributed by atoms with Crippen molar-refractivity contribution in [2.75, 3.05) is 20.8 Å². The Morgan fingerprint density at radius 3 is 2.44 bits per heavy atom. The number of carbonyl (C=O) groups is 1. The molecule has 0 spiro atoms. The number of hydrogen-bond donors (Lipinski definition) is 0. The van der Waals surface area contributed by atoms with E-state index in [4.69, 9.17) is 9.47 Å². The highest BCUT2D eigenvalue weighted by Gasteiger charge is 2.36. The Morgan fingerprint density at radius 1 is 0.926 bits per heavy atom. The number of methoxy groups -OCH3 is 2. The van der Waals surface area contributed by atoms with Crippen molar-refractivity contribution in [2.45, 2.75) is 31.7 Å². The molecule has 0 bridgehead atoms. The number of rotatable bonds is 4. The maximum Gasteiger partial charge on any atom is 0.255 e. The predicted octanol–water partition coefficient (Wildman–Crippen LogP) is 4.40. The molecule has 0 radical (unpaired) electrons. The molecule has 27 heavy (non-hydrogen) atoms. The SMILES string of the molecule is COc1ccc(C2=C(c3ccccc3)CC3CCCCN3C2=O)cc1OC. The molecule has 0 N–H and O–H groups in total. The Hall–Kier alpha value is -2.75. The van der Waals surface area contributed by atoms with Crippen LogP contribution in [0.1, 0.15) is 36.8 Å². The molecule has 1 unspecified atom stereocenters. The first kappa shape index (κ1) is 17.7. The van der Waals surface area contributed by atoms with Crippen LogP contribution in [0.4, 0.5) is 0 Å². The predicted molar refractivity (Wildman–Crippen MR) is 107 cm³/mol. The van der Waals surface area contributed by atoms with Gasteiger partial charge < -0.3 is 14.4 Å². The van der Waals surface area contributed by atoms with Crippen molar-refractivity contribution in [2.24, 2.45) is 0 Å². The Bertz CT molecular complexity index is 872. The van der Waals surface area contributed by atoms with Crippen molar-refractivity contribution < 1.29 is 14.3 Å². The standard InChI is InChI=1S/C23H25NO3/c1-26-20-12-11-17(14-21(20)27-2)22-19(16-8-4-3-5-9-16)15-18-10-6-7-13-24(18)23(22)25/h3-5,8-9,11-12,14,18H,6-7,10,13,15H2,1-2H3. The second kappa shape index (κ2) is 7.47. The summed E-state index contributed by atoms with van der Waals surface area (Å²) in [5, 5.41) is 0. The van der Waals surface area contributed by atoms with Crippen LogP contribution in [0.25, 0.3) is 11.1 Å². The zero-order chi connectivity index (χ0) is 18.8. The third kappa shape index (κ3) is 3.20. The third-order valence-corrected chi connectivity index (χ3v) is 5.64. The molecule has 4 heteroatoms. The third-order valence-electron chi connectivity index (χ3n) is 5.64. The molecule has 4 rings (SSSR count). The summed E-state index contributed by atoms with van der Waals surface area (Å²) in [6.07, 6.45) is 4.27. The van der Waals surface area contributed by atoms with E-state index in [1.165, 1.54) is 6.42 Å². The van der Waals surface area contributed by atoms with Crippen LogP contribution in [-0.2, 0) is 4.79 Å². The molecule has 2 aromatic carbocycles. The van der Waals surface area contributed by atoms with Crippen LogP contribution in [0.2, 0.25) is 0 Å². The first-order valence-corrected chi connectivity index (χ1v) is 9.55. The number of amides is 1. The molecule has 0 aromatic heterocycles. The fourth-order valence-electron chi connectivity index (χ4n) is 4.28. The fraction of sp³-hybridized carbons (Fsp3) is 0.348. The van der Waals surface area contributed by atoms with Gasteiger partial charge in [-0.25, -0.2) is 0 Å². The molecule has 1 atom stereocenters. The van der Waals surface area contributed by atoms with Gasteiger partial charge in [-0.05, 0) is 54.5 Å². The lowest BCUT2D eigenvalue weighted by Crippen LogP contribution is -2.47. The number of piperidine rings is 1. The molecule has 140 valence electrons. The second-order valence-electron chi connectivity index (χ2n) is 7.14. The molecule has 1 saturated heterocycles. The molecule has 1 amide bonds. The van der Waals surface area contributed by atoms with Crippen LogP contribution in [0.5, 0.6) is 11.5 Å². The van der Waals surface area contributed by atoms with Crippen LogP contribution in [-0.4, -0.2) is 37.6 Å². The van der Waals surface area contributed by atoms with Gasteiger partial charge in [0.05, 0.1) is 19.8 Å². The van der Waals surface area contributed by atoms with E-state index < -0.39 is 0 Å². The number of benzene rings is 2. The zero-order valence-corrected chi connectivity index (χ0v) is 15.9. The van der Waals surface area contributed by atoms with E-state index in [9.17, 15) is 4.79 Å². The van der Waals surface area contributed by atoms with Crippen molar-refractivity contribution in [3.63, 3.8) is 0 Å². The van der Waals surface area contributed by atoms with Crippen molar-refractivity contribution in [1.29, 1.82) is 0 Å². The number of ether oxygens (including phenoxy) is 2. The summed E-state index contributed by atoms with van der Waals surface area (Å²) in [5.74, 6) is 1.45. The maximum absolute atomic E-state index is 13.5. The van der Waals surface area contributed by atoms with E-state index >= 15 is 0 Å². The Labute approximate surface area is 160 Å². The first-order valence-electron chi connectivity index (χ1n) is 9.55. The number of carbonyl (C=O) groups excluding carboxylic acids is 1. The van der Waals surface area contributed by atoms with Gasteiger partial charge in [0.2, 0.25) is 0 Å². The summed E-state index contributed by atoms with van der Waals surface area (Å²) in [7, 11) is 3.24. The van der Waals surface area contributed by atoms with Gasteiger partial charge in [-0.1, -0.05) is 36.4 Å². The number of nitrogens with zero attached hydrogens (tertiary/aromatic N) is 1. The minimum Gasteiger partial charge on any atom is -0.493 e. The minimum atomic E-state index is 0.136. The van der Waals surface area contributed by atoms with Crippen molar-refractivity contribution in [3.8, 4) is 11.5 Å². The van der Waals surface area contributed by atoms with Crippen LogP contribution in [0, 0.1) is 0 Å². The molecule has 2 heterocycles. The lowest BCUT2D eigenvalue weighted by molar-refractivity contribution is -0.128. The largest absolute Gasteiger partial charge is 0.493 e. The average Bonchev–Trinajstić information content (AvgIpc) is 2.74. The van der Waals surface area contributed by atoms with Gasteiger partial charge in [0.1, 0.15) is 0 Å². The summed E-state index contributed by atoms with van der Waals surface area (Å²) in [6, 6.07) is 16.3. The number of hydrogen-bond acceptors (Lipinski definition) is 3. The van der Waals surface area contributed by atoms with Crippen molar-refractivity contribution >= 4 is 17.1 Å². The van der Waals surface area contributed by atoms with E-state index in [-0.39, 0.29) is 5.91 Å². The quantitative estimate of drug-likeness (QED) is 0.808. The van der Waals surface area contributed by atoms with Gasteiger partial charge in [-0.15, -0.1) is 0 Å².